The van der Waals surface area contributed by atoms with Crippen molar-refractivity contribution in [3.8, 4) is 0 Å². The van der Waals surface area contributed by atoms with Gasteiger partial charge in [-0.05, 0) is 63.1 Å². The number of nitrogens with one attached hydrogen (secondary N) is 1. The minimum Gasteiger partial charge on any atom is -0.352 e. The highest BCUT2D eigenvalue weighted by molar-refractivity contribution is 7.92. The molecule has 0 bridgehead atoms. The van der Waals surface area contributed by atoms with Crippen molar-refractivity contribution >= 4 is 50.7 Å². The summed E-state index contributed by atoms with van der Waals surface area (Å²) in [7, 11) is -4.21. The summed E-state index contributed by atoms with van der Waals surface area (Å²) in [5, 5.41) is 3.31. The van der Waals surface area contributed by atoms with Gasteiger partial charge in [-0.25, -0.2) is 8.42 Å². The average molecular weight is 591 g/mol. The Morgan fingerprint density at radius 3 is 2.18 bits per heavy atom. The van der Waals surface area contributed by atoms with Crippen LogP contribution in [0.5, 0.6) is 0 Å². The zero-order chi connectivity index (χ0) is 28.7. The minimum absolute atomic E-state index is 0.00327. The van der Waals surface area contributed by atoms with E-state index in [9.17, 15) is 18.0 Å². The second-order valence-corrected chi connectivity index (χ2v) is 12.1. The zero-order valence-electron chi connectivity index (χ0n) is 22.4. The topological polar surface area (TPSA) is 86.8 Å². The van der Waals surface area contributed by atoms with E-state index in [0.717, 1.165) is 21.9 Å². The zero-order valence-corrected chi connectivity index (χ0v) is 24.7. The fourth-order valence-corrected chi connectivity index (χ4v) is 5.87. The molecule has 0 saturated carbocycles. The van der Waals surface area contributed by atoms with E-state index in [2.05, 4.69) is 5.32 Å². The van der Waals surface area contributed by atoms with Crippen LogP contribution in [0.3, 0.4) is 0 Å². The number of sulfonamides is 1. The maximum atomic E-state index is 13.9. The van der Waals surface area contributed by atoms with Crippen LogP contribution in [0.2, 0.25) is 10.0 Å². The third-order valence-corrected chi connectivity index (χ3v) is 8.74. The number of hydrogen-bond acceptors (Lipinski definition) is 4. The molecule has 0 aliphatic carbocycles. The number of halogens is 2. The maximum Gasteiger partial charge on any atom is 0.264 e. The molecular formula is C29H33Cl2N3O4S. The Kier molecular flexibility index (Phi) is 10.4. The molecule has 3 rings (SSSR count). The van der Waals surface area contributed by atoms with Gasteiger partial charge in [0.2, 0.25) is 11.8 Å². The van der Waals surface area contributed by atoms with Gasteiger partial charge in [-0.3, -0.25) is 13.9 Å². The molecular weight excluding hydrogens is 557 g/mol. The van der Waals surface area contributed by atoms with Gasteiger partial charge in [0.15, 0.2) is 0 Å². The van der Waals surface area contributed by atoms with E-state index in [-0.39, 0.29) is 34.1 Å². The lowest BCUT2D eigenvalue weighted by Gasteiger charge is -2.32. The number of carbonyl (C=O) groups is 2. The molecule has 3 aromatic carbocycles. The first-order chi connectivity index (χ1) is 18.4. The van der Waals surface area contributed by atoms with E-state index in [1.807, 2.05) is 45.0 Å². The molecule has 2 amide bonds. The van der Waals surface area contributed by atoms with Crippen LogP contribution in [0, 0.1) is 6.92 Å². The van der Waals surface area contributed by atoms with E-state index in [1.165, 1.54) is 35.2 Å². The number of carbonyl (C=O) groups excluding carboxylic acids is 2. The van der Waals surface area contributed by atoms with Gasteiger partial charge in [0, 0.05) is 17.6 Å². The molecule has 3 aromatic rings. The van der Waals surface area contributed by atoms with Crippen molar-refractivity contribution in [3.63, 3.8) is 0 Å². The lowest BCUT2D eigenvalue weighted by molar-refractivity contribution is -0.139. The predicted molar refractivity (Wildman–Crippen MR) is 157 cm³/mol. The molecule has 39 heavy (non-hydrogen) atoms. The molecule has 10 heteroatoms. The second kappa shape index (κ2) is 13.3. The summed E-state index contributed by atoms with van der Waals surface area (Å²) in [6.45, 7) is 6.96. The Labute approximate surface area is 240 Å². The van der Waals surface area contributed by atoms with Gasteiger partial charge in [-0.2, -0.15) is 0 Å². The third kappa shape index (κ3) is 7.75. The SMILES string of the molecule is CC[C@@H](C)NC(=O)[C@H](C)N(Cc1ccc(C)cc1)C(=O)CN(c1ccc(Cl)cc1Cl)S(=O)(=O)c1ccccc1. The number of rotatable bonds is 11. The van der Waals surface area contributed by atoms with Gasteiger partial charge < -0.3 is 10.2 Å². The quantitative estimate of drug-likeness (QED) is 0.305. The van der Waals surface area contributed by atoms with Crippen LogP contribution in [0.25, 0.3) is 0 Å². The van der Waals surface area contributed by atoms with Crippen LogP contribution >= 0.6 is 23.2 Å². The summed E-state index contributed by atoms with van der Waals surface area (Å²) >= 11 is 12.5. The molecule has 0 radical (unpaired) electrons. The van der Waals surface area contributed by atoms with E-state index in [4.69, 9.17) is 23.2 Å². The summed E-state index contributed by atoms with van der Waals surface area (Å²) in [6, 6.07) is 18.8. The van der Waals surface area contributed by atoms with Crippen LogP contribution in [0.4, 0.5) is 5.69 Å². The summed E-state index contributed by atoms with van der Waals surface area (Å²) in [5.41, 5.74) is 1.96. The van der Waals surface area contributed by atoms with E-state index < -0.39 is 28.5 Å². The molecule has 0 aromatic heterocycles. The second-order valence-electron chi connectivity index (χ2n) is 9.42. The monoisotopic (exact) mass is 589 g/mol. The summed E-state index contributed by atoms with van der Waals surface area (Å²) in [4.78, 5) is 28.4. The number of benzene rings is 3. The highest BCUT2D eigenvalue weighted by atomic mass is 35.5. The van der Waals surface area contributed by atoms with Crippen molar-refractivity contribution in [3.05, 3.63) is 94.0 Å². The number of nitrogens with zero attached hydrogens (tertiary/aromatic N) is 2. The Bertz CT molecular complexity index is 1400. The Morgan fingerprint density at radius 2 is 1.59 bits per heavy atom. The summed E-state index contributed by atoms with van der Waals surface area (Å²) in [5.74, 6) is -0.889. The number of aryl methyl sites for hydroxylation is 1. The molecule has 0 unspecified atom stereocenters. The van der Waals surface area contributed by atoms with Crippen LogP contribution in [0.15, 0.2) is 77.7 Å². The molecule has 2 atom stereocenters. The van der Waals surface area contributed by atoms with Crippen LogP contribution in [-0.4, -0.2) is 43.8 Å². The van der Waals surface area contributed by atoms with E-state index in [0.29, 0.717) is 5.02 Å². The Morgan fingerprint density at radius 1 is 0.949 bits per heavy atom. The smallest absolute Gasteiger partial charge is 0.264 e. The number of anilines is 1. The van der Waals surface area contributed by atoms with Crippen molar-refractivity contribution in [1.82, 2.24) is 10.2 Å². The Hall–Kier alpha value is -3.07. The van der Waals surface area contributed by atoms with Gasteiger partial charge >= 0.3 is 0 Å². The fraction of sp³-hybridized carbons (Fsp3) is 0.310. The van der Waals surface area contributed by atoms with Crippen molar-refractivity contribution in [1.29, 1.82) is 0 Å². The molecule has 0 saturated heterocycles. The molecule has 0 heterocycles. The van der Waals surface area contributed by atoms with E-state index >= 15 is 0 Å². The lowest BCUT2D eigenvalue weighted by Crippen LogP contribution is -2.52. The van der Waals surface area contributed by atoms with Gasteiger partial charge in [-0.15, -0.1) is 0 Å². The fourth-order valence-electron chi connectivity index (χ4n) is 3.85. The van der Waals surface area contributed by atoms with Crippen molar-refractivity contribution < 1.29 is 18.0 Å². The molecule has 0 aliphatic rings. The standard InChI is InChI=1S/C29H33Cl2N3O4S/c1-5-21(3)32-29(36)22(4)33(18-23-13-11-20(2)12-14-23)28(35)19-34(27-16-15-24(30)17-26(27)31)39(37,38)25-9-7-6-8-10-25/h6-17,21-22H,5,18-19H2,1-4H3,(H,32,36)/t21-,22+/m1/s1. The first kappa shape index (κ1) is 30.5. The van der Waals surface area contributed by atoms with Crippen LogP contribution < -0.4 is 9.62 Å². The first-order valence-corrected chi connectivity index (χ1v) is 14.8. The van der Waals surface area contributed by atoms with E-state index in [1.54, 1.807) is 25.1 Å². The molecule has 1 N–H and O–H groups in total. The minimum atomic E-state index is -4.21. The molecule has 208 valence electrons. The van der Waals surface area contributed by atoms with Crippen molar-refractivity contribution in [2.75, 3.05) is 10.8 Å². The van der Waals surface area contributed by atoms with Crippen molar-refractivity contribution in [2.24, 2.45) is 0 Å². The normalized spacial score (nSPS) is 12.9. The van der Waals surface area contributed by atoms with Crippen LogP contribution in [-0.2, 0) is 26.2 Å². The molecule has 7 nitrogen and oxygen atoms in total. The molecule has 0 spiro atoms. The molecule has 0 fully saturated rings. The van der Waals surface area contributed by atoms with Gasteiger partial charge in [0.1, 0.15) is 12.6 Å². The van der Waals surface area contributed by atoms with Gasteiger partial charge in [-0.1, -0.05) is 78.2 Å². The highest BCUT2D eigenvalue weighted by Gasteiger charge is 2.33. The number of amides is 2. The van der Waals surface area contributed by atoms with Crippen molar-refractivity contribution in [2.45, 2.75) is 57.6 Å². The predicted octanol–water partition coefficient (Wildman–Crippen LogP) is 5.83. The Balaban J connectivity index is 2.04. The summed E-state index contributed by atoms with van der Waals surface area (Å²) < 4.78 is 28.6. The first-order valence-electron chi connectivity index (χ1n) is 12.6. The largest absolute Gasteiger partial charge is 0.352 e. The van der Waals surface area contributed by atoms with Crippen LogP contribution in [0.1, 0.15) is 38.3 Å². The molecule has 0 aliphatic heterocycles. The lowest BCUT2D eigenvalue weighted by atomic mass is 10.1. The highest BCUT2D eigenvalue weighted by Crippen LogP contribution is 2.33. The van der Waals surface area contributed by atoms with Gasteiger partial charge in [0.05, 0.1) is 15.6 Å². The third-order valence-electron chi connectivity index (χ3n) is 6.43. The van der Waals surface area contributed by atoms with Gasteiger partial charge in [0.25, 0.3) is 10.0 Å². The maximum absolute atomic E-state index is 13.9. The summed E-state index contributed by atoms with van der Waals surface area (Å²) in [6.07, 6.45) is 0.725. The number of hydrogen-bond donors (Lipinski definition) is 1. The average Bonchev–Trinajstić information content (AvgIpc) is 2.91.